The average molecular weight is 312 g/mol. The molecular weight excluding hydrogens is 292 g/mol. The first-order chi connectivity index (χ1) is 10.4. The Bertz CT molecular complexity index is 535. The molecule has 0 heterocycles. The van der Waals surface area contributed by atoms with Gasteiger partial charge >= 0.3 is 6.18 Å². The van der Waals surface area contributed by atoms with Gasteiger partial charge in [0.05, 0.1) is 5.56 Å². The topological polar surface area (TPSA) is 0 Å². The smallest absolute Gasteiger partial charge is 0.206 e. The fourth-order valence-corrected chi connectivity index (χ4v) is 3.11. The molecule has 1 fully saturated rings. The van der Waals surface area contributed by atoms with E-state index in [1.54, 1.807) is 6.08 Å². The molecule has 2 rings (SSSR count). The first kappa shape index (κ1) is 16.8. The van der Waals surface area contributed by atoms with Crippen molar-refractivity contribution in [3.05, 3.63) is 60.0 Å². The Hall–Kier alpha value is -1.58. The number of halogens is 4. The maximum absolute atomic E-state index is 13.6. The van der Waals surface area contributed by atoms with Crippen molar-refractivity contribution in [3.8, 4) is 0 Å². The molecule has 1 saturated carbocycles. The predicted molar refractivity (Wildman–Crippen MR) is 80.1 cm³/mol. The van der Waals surface area contributed by atoms with Gasteiger partial charge in [0.1, 0.15) is 5.82 Å². The Morgan fingerprint density at radius 1 is 1.14 bits per heavy atom. The predicted octanol–water partition coefficient (Wildman–Crippen LogP) is 6.25. The van der Waals surface area contributed by atoms with Crippen LogP contribution in [0.2, 0.25) is 0 Å². The first-order valence-electron chi connectivity index (χ1n) is 7.56. The summed E-state index contributed by atoms with van der Waals surface area (Å²) in [6.07, 6.45) is 5.99. The van der Waals surface area contributed by atoms with Gasteiger partial charge in [-0.1, -0.05) is 30.9 Å². The van der Waals surface area contributed by atoms with E-state index in [4.69, 9.17) is 0 Å². The summed E-state index contributed by atoms with van der Waals surface area (Å²) < 4.78 is 51.3. The van der Waals surface area contributed by atoms with E-state index < -0.39 is 17.6 Å². The third kappa shape index (κ3) is 4.21. The molecule has 0 nitrogen and oxygen atoms in total. The Balaban J connectivity index is 1.98. The van der Waals surface area contributed by atoms with Crippen molar-refractivity contribution < 1.29 is 17.6 Å². The van der Waals surface area contributed by atoms with Gasteiger partial charge in [0.25, 0.3) is 0 Å². The van der Waals surface area contributed by atoms with Crippen LogP contribution < -0.4 is 0 Å². The standard InChI is InChI=1S/C18H20F4/c1-2-3-4-5-13-6-8-14(9-7-13)15-10-11-16(17(19)12-15)18(20,21)22/h2-4,10-14H,1,5-9H2. The van der Waals surface area contributed by atoms with E-state index in [9.17, 15) is 17.6 Å². The van der Waals surface area contributed by atoms with Gasteiger partial charge < -0.3 is 0 Å². The molecule has 1 aliphatic rings. The van der Waals surface area contributed by atoms with E-state index >= 15 is 0 Å². The lowest BCUT2D eigenvalue weighted by molar-refractivity contribution is -0.140. The second-order valence-electron chi connectivity index (χ2n) is 5.85. The summed E-state index contributed by atoms with van der Waals surface area (Å²) in [5.41, 5.74) is -0.495. The highest BCUT2D eigenvalue weighted by Crippen LogP contribution is 2.39. The van der Waals surface area contributed by atoms with Crippen molar-refractivity contribution in [3.63, 3.8) is 0 Å². The van der Waals surface area contributed by atoms with Crippen LogP contribution in [0.5, 0.6) is 0 Å². The zero-order valence-corrected chi connectivity index (χ0v) is 12.4. The summed E-state index contributed by atoms with van der Waals surface area (Å²) in [5.74, 6) is -0.399. The number of alkyl halides is 3. The van der Waals surface area contributed by atoms with Crippen molar-refractivity contribution >= 4 is 0 Å². The number of hydrogen-bond acceptors (Lipinski definition) is 0. The molecule has 1 aromatic carbocycles. The van der Waals surface area contributed by atoms with E-state index in [2.05, 4.69) is 12.7 Å². The normalized spacial score (nSPS) is 22.9. The van der Waals surface area contributed by atoms with E-state index in [1.165, 1.54) is 6.07 Å². The molecule has 22 heavy (non-hydrogen) atoms. The molecule has 120 valence electrons. The Morgan fingerprint density at radius 2 is 1.82 bits per heavy atom. The van der Waals surface area contributed by atoms with E-state index in [1.807, 2.05) is 6.08 Å². The highest BCUT2D eigenvalue weighted by molar-refractivity contribution is 5.29. The van der Waals surface area contributed by atoms with Crippen molar-refractivity contribution in [2.24, 2.45) is 5.92 Å². The quantitative estimate of drug-likeness (QED) is 0.455. The van der Waals surface area contributed by atoms with Crippen LogP contribution in [-0.2, 0) is 6.18 Å². The fourth-order valence-electron chi connectivity index (χ4n) is 3.11. The summed E-state index contributed by atoms with van der Waals surface area (Å²) in [5, 5.41) is 0. The Kier molecular flexibility index (Phi) is 5.43. The van der Waals surface area contributed by atoms with Crippen LogP contribution in [-0.4, -0.2) is 0 Å². The van der Waals surface area contributed by atoms with Crippen LogP contribution in [0.3, 0.4) is 0 Å². The molecule has 4 heteroatoms. The molecule has 0 unspecified atom stereocenters. The summed E-state index contributed by atoms with van der Waals surface area (Å²) in [6.45, 7) is 3.63. The third-order valence-electron chi connectivity index (χ3n) is 4.36. The minimum Gasteiger partial charge on any atom is -0.206 e. The lowest BCUT2D eigenvalue weighted by Gasteiger charge is -2.28. The Morgan fingerprint density at radius 3 is 2.36 bits per heavy atom. The van der Waals surface area contributed by atoms with Gasteiger partial charge in [-0.25, -0.2) is 4.39 Å². The lowest BCUT2D eigenvalue weighted by Crippen LogP contribution is -2.14. The highest BCUT2D eigenvalue weighted by atomic mass is 19.4. The summed E-state index contributed by atoms with van der Waals surface area (Å²) >= 11 is 0. The average Bonchev–Trinajstić information content (AvgIpc) is 2.47. The first-order valence-corrected chi connectivity index (χ1v) is 7.56. The molecule has 1 aromatic rings. The van der Waals surface area contributed by atoms with Crippen molar-refractivity contribution in [2.75, 3.05) is 0 Å². The zero-order valence-electron chi connectivity index (χ0n) is 12.4. The molecule has 0 atom stereocenters. The van der Waals surface area contributed by atoms with Crippen molar-refractivity contribution in [1.29, 1.82) is 0 Å². The van der Waals surface area contributed by atoms with Crippen molar-refractivity contribution in [2.45, 2.75) is 44.2 Å². The molecule has 0 radical (unpaired) electrons. The van der Waals surface area contributed by atoms with Gasteiger partial charge in [0.2, 0.25) is 0 Å². The van der Waals surface area contributed by atoms with Gasteiger partial charge in [0, 0.05) is 0 Å². The number of rotatable bonds is 4. The largest absolute Gasteiger partial charge is 0.419 e. The number of hydrogen-bond donors (Lipinski definition) is 0. The van der Waals surface area contributed by atoms with Crippen LogP contribution in [0.1, 0.15) is 49.1 Å². The molecule has 0 bridgehead atoms. The van der Waals surface area contributed by atoms with Crippen LogP contribution in [0.15, 0.2) is 43.0 Å². The molecule has 0 aliphatic heterocycles. The van der Waals surface area contributed by atoms with Gasteiger partial charge in [-0.2, -0.15) is 13.2 Å². The minimum absolute atomic E-state index is 0.163. The third-order valence-corrected chi connectivity index (χ3v) is 4.36. The van der Waals surface area contributed by atoms with Crippen LogP contribution >= 0.6 is 0 Å². The molecule has 0 N–H and O–H groups in total. The molecular formula is C18H20F4. The minimum atomic E-state index is -4.63. The molecule has 0 aromatic heterocycles. The van der Waals surface area contributed by atoms with Crippen LogP contribution in [0.4, 0.5) is 17.6 Å². The van der Waals surface area contributed by atoms with E-state index in [-0.39, 0.29) is 5.92 Å². The molecule has 0 amide bonds. The lowest BCUT2D eigenvalue weighted by atomic mass is 9.77. The summed E-state index contributed by atoms with van der Waals surface area (Å²) in [4.78, 5) is 0. The highest BCUT2D eigenvalue weighted by Gasteiger charge is 2.34. The van der Waals surface area contributed by atoms with Crippen LogP contribution in [0, 0.1) is 11.7 Å². The van der Waals surface area contributed by atoms with Gasteiger partial charge in [-0.05, 0) is 61.6 Å². The second-order valence-corrected chi connectivity index (χ2v) is 5.85. The van der Waals surface area contributed by atoms with Crippen molar-refractivity contribution in [1.82, 2.24) is 0 Å². The van der Waals surface area contributed by atoms with Gasteiger partial charge in [0.15, 0.2) is 0 Å². The SMILES string of the molecule is C=CC=CCC1CCC(c2ccc(C(F)(F)F)c(F)c2)CC1. The zero-order chi connectivity index (χ0) is 16.2. The fraction of sp³-hybridized carbons (Fsp3) is 0.444. The molecule has 0 saturated heterocycles. The van der Waals surface area contributed by atoms with E-state index in [0.29, 0.717) is 11.5 Å². The maximum Gasteiger partial charge on any atom is 0.419 e. The molecule has 0 spiro atoms. The van der Waals surface area contributed by atoms with Gasteiger partial charge in [-0.3, -0.25) is 0 Å². The Labute approximate surface area is 128 Å². The number of allylic oxidation sites excluding steroid dienone is 3. The monoisotopic (exact) mass is 312 g/mol. The molecule has 1 aliphatic carbocycles. The second kappa shape index (κ2) is 7.12. The summed E-state index contributed by atoms with van der Waals surface area (Å²) in [6, 6.07) is 3.35. The maximum atomic E-state index is 13.6. The summed E-state index contributed by atoms with van der Waals surface area (Å²) in [7, 11) is 0. The van der Waals surface area contributed by atoms with Crippen LogP contribution in [0.25, 0.3) is 0 Å². The van der Waals surface area contributed by atoms with Gasteiger partial charge in [-0.15, -0.1) is 0 Å². The number of benzene rings is 1. The van der Waals surface area contributed by atoms with E-state index in [0.717, 1.165) is 44.2 Å².